The average molecular weight is 2250 g/mol. The summed E-state index contributed by atoms with van der Waals surface area (Å²) in [6.45, 7) is 0. The summed E-state index contributed by atoms with van der Waals surface area (Å²) in [5.41, 5.74) is 19.1. The van der Waals surface area contributed by atoms with Crippen LogP contribution in [0.2, 0.25) is 0 Å². The van der Waals surface area contributed by atoms with Crippen molar-refractivity contribution < 1.29 is 126 Å². The Morgan fingerprint density at radius 2 is 0.609 bits per heavy atom. The topological polar surface area (TPSA) is 229 Å². The standard InChI is InChI=1S/C24H32F3N3O3.C21H28F3N3O2.C20H26F3N3O2.25K.H/c25-19-11-21(27)20(26)9-13(19)10-22(28)14-7-16-3-4-17(8-14)30(16)24(33)12-23(32)29-15-1-5-18(31)6-2-15;1-26(2)20(28)5-6-21(29)27-14-3-4-15(27)8-13(7-14)19(25)10-12-9-17(23)18(24)11-16(12)22;1-25(2)19(27)10-20(28)26-13-3-4-14(26)6-12(5-13)18(24)8-11-7-16(22)17(23)9-15(11)21;;;;;;;;;;;;;;;;;;;;;;;;;;/h9,11,14-18,22,31H,1-8,10,12,28H2,(H,29,32);9,11,13-15,19H,3-8,10,25H2,1-2H3;7,9,12-14,18H,3-6,8,10,24H2,1-2H3;;;;;;;;;;;;;;;;;;;;;;;;;;/q;;;;;;;;;;;;;;;;;;;;;;;;;;;+1;-1/t14?,15?,16-,17+,18?,22-;13?,14-,15+,19-;12?,13-,14+,18-;;;;;;;;;;;;;;;;;;;;;;;;;;/m111........................../s1. The summed E-state index contributed by atoms with van der Waals surface area (Å²) in [7, 11) is 6.57. The third kappa shape index (κ3) is 68.1. The number of nitrogens with zero attached hydrogens (tertiary/aromatic N) is 5. The summed E-state index contributed by atoms with van der Waals surface area (Å²) < 4.78 is 122. The number of nitrogens with two attached hydrogens (primary N) is 3. The van der Waals surface area contributed by atoms with Gasteiger partial charge < -0.3 is 53.6 Å². The number of halogens is 9. The number of fused-ring (bicyclic) bond motifs is 6. The van der Waals surface area contributed by atoms with E-state index in [1.54, 1.807) is 28.2 Å². The molecule has 1 saturated carbocycles. The first-order valence-corrected chi connectivity index (χ1v) is 236. The Bertz CT molecular complexity index is 3140. The van der Waals surface area contributed by atoms with Crippen molar-refractivity contribution in [2.75, 3.05) is 28.2 Å². The quantitative estimate of drug-likeness (QED) is 0.0376. The van der Waals surface area contributed by atoms with Crippen LogP contribution in [-0.4, -0.2) is 918 Å². The molecule has 6 heterocycles. The number of aliphatic hydroxyl groups is 1. The molecule has 6 aliphatic heterocycles. The molecule has 115 heavy (non-hydrogen) atoms. The SMILES string of the molecule is CN(C)C(=O)CC(=O)N1[C@@H]2CC[C@H]1CC([C@H](N)Cc1cc(F)c(F)cc1F)C2.CN(C)C(=O)CCC(=O)N1[C@@H]2CC[C@H]1CC([C@H](N)Cc1cc(F)c(F)cc1F)C2.N[C@H](Cc1cc(F)c(F)cc1F)C1C[C@H]2CC[C@@H](C1)N2C(=O)CC(=O)NC1CCC(O)CC1.[H-].[K+].[K][K].[K][K].[K][K].[K][K].[K][K].[K][K].[K][K].[K][K].[K][K].[K][K].[K][K].[K][K]. The fourth-order valence-corrected chi connectivity index (χ4v) is 15.0. The second-order valence-corrected chi connectivity index (χ2v) is 26.4. The number of aliphatic hydroxyl groups excluding tert-OH is 1. The summed E-state index contributed by atoms with van der Waals surface area (Å²) in [5.74, 6) is -10.1. The van der Waals surface area contributed by atoms with E-state index in [0.717, 1.165) is 56.7 Å². The number of amides is 6. The van der Waals surface area contributed by atoms with Crippen molar-refractivity contribution in [3.8, 4) is 0 Å². The molecule has 6 saturated heterocycles. The maximum atomic E-state index is 14.0. The van der Waals surface area contributed by atoms with E-state index in [4.69, 9.17) is 17.2 Å². The van der Waals surface area contributed by atoms with Crippen molar-refractivity contribution in [1.82, 2.24) is 29.8 Å². The van der Waals surface area contributed by atoms with Gasteiger partial charge in [-0.3, -0.25) is 28.8 Å². The van der Waals surface area contributed by atoms with Gasteiger partial charge in [-0.1, -0.05) is 0 Å². The fourth-order valence-electron chi connectivity index (χ4n) is 15.0. The summed E-state index contributed by atoms with van der Waals surface area (Å²) in [6, 6.07) is 3.16. The number of hydrogen-bond donors (Lipinski definition) is 5. The molecule has 522 valence electrons. The van der Waals surface area contributed by atoms with Crippen LogP contribution in [-0.2, 0) is 48.0 Å². The second-order valence-electron chi connectivity index (χ2n) is 26.4. The van der Waals surface area contributed by atoms with E-state index in [-0.39, 0.29) is 216 Å². The molecule has 6 bridgehead atoms. The molecule has 0 spiro atoms. The van der Waals surface area contributed by atoms with Gasteiger partial charge in [0.25, 0.3) is 0 Å². The molecule has 0 radical (unpaired) electrons. The molecule has 50 heteroatoms. The molecule has 16 nitrogen and oxygen atoms in total. The Kier molecular flexibility index (Phi) is 146. The number of hydrogen-bond acceptors (Lipinski definition) is 10. The first-order valence-electron chi connectivity index (χ1n) is 43.5. The van der Waals surface area contributed by atoms with Gasteiger partial charge in [-0.15, -0.1) is 0 Å². The third-order valence-corrected chi connectivity index (χ3v) is 19.9. The van der Waals surface area contributed by atoms with E-state index in [9.17, 15) is 73.4 Å². The summed E-state index contributed by atoms with van der Waals surface area (Å²) in [5, 5.41) is 12.5. The van der Waals surface area contributed by atoms with Crippen LogP contribution >= 0.6 is 0 Å². The molecule has 1 aliphatic carbocycles. The van der Waals surface area contributed by atoms with E-state index in [0.29, 0.717) is 82.4 Å². The Hall–Kier alpha value is 34.6. The van der Waals surface area contributed by atoms with Crippen LogP contribution in [0.25, 0.3) is 0 Å². The Morgan fingerprint density at radius 3 is 0.861 bits per heavy atom. The summed E-state index contributed by atoms with van der Waals surface area (Å²) in [4.78, 5) is 82.6. The molecular formula is C65H87F9K25N9O7. The van der Waals surface area contributed by atoms with Crippen LogP contribution < -0.4 is 73.9 Å². The minimum absolute atomic E-state index is 0. The Balaban J connectivity index is -0.000000269. The summed E-state index contributed by atoms with van der Waals surface area (Å²) >= 11 is 30.0. The molecule has 3 aromatic rings. The van der Waals surface area contributed by atoms with Crippen molar-refractivity contribution in [3.05, 3.63) is 105 Å². The first kappa shape index (κ1) is 160. The van der Waals surface area contributed by atoms with Gasteiger partial charge in [0.05, 0.1) is 6.10 Å². The predicted octanol–water partition coefficient (Wildman–Crippen LogP) is -4.64. The van der Waals surface area contributed by atoms with Crippen LogP contribution in [0, 0.1) is 70.1 Å². The third-order valence-electron chi connectivity index (χ3n) is 19.9. The molecule has 10 rings (SSSR count). The molecular weight excluding hydrogens is 2170 g/mol. The number of piperidine rings is 3. The van der Waals surface area contributed by atoms with E-state index in [1.807, 2.05) is 14.7 Å². The van der Waals surface area contributed by atoms with Crippen molar-refractivity contribution in [3.63, 3.8) is 0 Å². The van der Waals surface area contributed by atoms with Crippen LogP contribution in [0.5, 0.6) is 0 Å². The van der Waals surface area contributed by atoms with Gasteiger partial charge in [0.15, 0.2) is 34.9 Å². The summed E-state index contributed by atoms with van der Waals surface area (Å²) in [6.07, 6.45) is 12.0. The van der Waals surface area contributed by atoms with Crippen molar-refractivity contribution in [1.29, 1.82) is 0 Å². The first-order chi connectivity index (χ1) is 54.5. The second kappa shape index (κ2) is 105. The van der Waals surface area contributed by atoms with Crippen LogP contribution in [0.4, 0.5) is 39.5 Å². The van der Waals surface area contributed by atoms with Gasteiger partial charge in [0.2, 0.25) is 35.4 Å². The molecule has 3 aromatic carbocycles. The zero-order chi connectivity index (χ0) is 89.6. The fraction of sp³-hybridized carbons (Fsp3) is 0.631. The van der Waals surface area contributed by atoms with Gasteiger partial charge in [0, 0.05) is 120 Å². The minimum atomic E-state index is -1.22. The number of nitrogens with one attached hydrogen (secondary N) is 1. The van der Waals surface area contributed by atoms with Gasteiger partial charge in [0.1, 0.15) is 30.3 Å². The monoisotopic (exact) mass is 2250 g/mol. The van der Waals surface area contributed by atoms with E-state index in [1.165, 1.54) is 768 Å². The predicted molar refractivity (Wildman–Crippen MR) is 455 cm³/mol. The zero-order valence-electron chi connectivity index (χ0n) is 77.6. The van der Waals surface area contributed by atoms with Gasteiger partial charge in [-0.05, 0) is 175 Å². The van der Waals surface area contributed by atoms with Crippen molar-refractivity contribution in [2.45, 2.75) is 214 Å². The van der Waals surface area contributed by atoms with Crippen LogP contribution in [0.15, 0.2) is 36.4 Å². The number of carbonyl (C=O) groups excluding carboxylic acids is 6. The molecule has 7 fully saturated rings. The maximum absolute atomic E-state index is 14.0. The van der Waals surface area contributed by atoms with Gasteiger partial charge in [-0.25, -0.2) is 39.5 Å². The van der Waals surface area contributed by atoms with Crippen LogP contribution in [0.1, 0.15) is 147 Å². The van der Waals surface area contributed by atoms with E-state index < -0.39 is 70.5 Å². The Labute approximate surface area is 1270 Å². The molecule has 6 amide bonds. The Morgan fingerprint density at radius 1 is 0.374 bits per heavy atom. The molecule has 0 aromatic heterocycles. The molecule has 3 unspecified atom stereocenters. The van der Waals surface area contributed by atoms with Crippen LogP contribution in [0.3, 0.4) is 0 Å². The number of carbonyl (C=O) groups is 6. The number of benzene rings is 3. The van der Waals surface area contributed by atoms with Crippen molar-refractivity contribution in [2.24, 2.45) is 35.0 Å². The molecule has 7 aliphatic rings. The van der Waals surface area contributed by atoms with Crippen molar-refractivity contribution >= 4 is 793 Å². The average Bonchev–Trinajstić information content (AvgIpc) is 1.64. The normalized spacial score (nSPS) is 21.7. The molecule has 12 atom stereocenters. The van der Waals surface area contributed by atoms with E-state index in [2.05, 4.69) is 5.32 Å². The van der Waals surface area contributed by atoms with E-state index >= 15 is 0 Å². The zero-order valence-corrected chi connectivity index (χ0v) is 155. The molecule has 8 N–H and O–H groups in total. The van der Waals surface area contributed by atoms with Gasteiger partial charge in [-0.2, -0.15) is 0 Å². The van der Waals surface area contributed by atoms with Gasteiger partial charge >= 0.3 is 809 Å². The number of rotatable bonds is 17.